The van der Waals surface area contributed by atoms with Crippen molar-refractivity contribution >= 4 is 12.0 Å². The molecule has 0 saturated carbocycles. The Morgan fingerprint density at radius 2 is 2.22 bits per heavy atom. The van der Waals surface area contributed by atoms with Crippen molar-refractivity contribution in [2.24, 2.45) is 0 Å². The van der Waals surface area contributed by atoms with Gasteiger partial charge in [-0.3, -0.25) is 0 Å². The maximum atomic E-state index is 11.7. The Labute approximate surface area is 107 Å². The average molecular weight is 258 g/mol. The molecule has 104 valence electrons. The van der Waals surface area contributed by atoms with Gasteiger partial charge in [0.2, 0.25) is 0 Å². The van der Waals surface area contributed by atoms with Crippen molar-refractivity contribution in [1.82, 2.24) is 10.6 Å². The molecule has 6 heteroatoms. The van der Waals surface area contributed by atoms with Crippen molar-refractivity contribution in [3.8, 4) is 0 Å². The molecule has 0 bridgehead atoms. The molecule has 6 nitrogen and oxygen atoms in total. The predicted octanol–water partition coefficient (Wildman–Crippen LogP) is 1.11. The summed E-state index contributed by atoms with van der Waals surface area (Å²) in [5.74, 6) is -1.04. The van der Waals surface area contributed by atoms with Gasteiger partial charge >= 0.3 is 12.0 Å². The largest absolute Gasteiger partial charge is 0.480 e. The van der Waals surface area contributed by atoms with Crippen molar-refractivity contribution in [1.29, 1.82) is 0 Å². The van der Waals surface area contributed by atoms with Gasteiger partial charge in [-0.2, -0.15) is 0 Å². The van der Waals surface area contributed by atoms with Crippen LogP contribution in [0.4, 0.5) is 4.79 Å². The van der Waals surface area contributed by atoms with Gasteiger partial charge in [0, 0.05) is 6.61 Å². The molecule has 0 spiro atoms. The summed E-state index contributed by atoms with van der Waals surface area (Å²) in [6, 6.07) is -0.591. The topological polar surface area (TPSA) is 87.7 Å². The maximum absolute atomic E-state index is 11.7. The second-order valence-electron chi connectivity index (χ2n) is 4.93. The SMILES string of the molecule is CCC(C)(NC(=O)NC(C)C1CCCO1)C(=O)O. The number of amides is 2. The first-order chi connectivity index (χ1) is 8.39. The van der Waals surface area contributed by atoms with E-state index in [1.54, 1.807) is 6.92 Å². The standard InChI is InChI=1S/C12H22N2O4/c1-4-12(3,10(15)16)14-11(17)13-8(2)9-6-5-7-18-9/h8-9H,4-7H2,1-3H3,(H,15,16)(H2,13,14,17). The zero-order chi connectivity index (χ0) is 13.8. The lowest BCUT2D eigenvalue weighted by Gasteiger charge is -2.27. The first kappa shape index (κ1) is 14.8. The smallest absolute Gasteiger partial charge is 0.329 e. The fourth-order valence-electron chi connectivity index (χ4n) is 1.88. The number of urea groups is 1. The quantitative estimate of drug-likeness (QED) is 0.689. The van der Waals surface area contributed by atoms with Crippen LogP contribution in [0.1, 0.15) is 40.0 Å². The number of rotatable bonds is 5. The van der Waals surface area contributed by atoms with E-state index in [1.165, 1.54) is 6.92 Å². The van der Waals surface area contributed by atoms with Crippen molar-refractivity contribution < 1.29 is 19.4 Å². The number of hydrogen-bond acceptors (Lipinski definition) is 3. The molecule has 0 aromatic heterocycles. The summed E-state index contributed by atoms with van der Waals surface area (Å²) in [4.78, 5) is 22.8. The van der Waals surface area contributed by atoms with E-state index in [9.17, 15) is 9.59 Å². The lowest BCUT2D eigenvalue weighted by Crippen LogP contribution is -2.57. The Kier molecular flexibility index (Phi) is 4.95. The Balaban J connectivity index is 2.47. The number of ether oxygens (including phenoxy) is 1. The van der Waals surface area contributed by atoms with Crippen molar-refractivity contribution in [3.05, 3.63) is 0 Å². The van der Waals surface area contributed by atoms with E-state index in [4.69, 9.17) is 9.84 Å². The number of hydrogen-bond donors (Lipinski definition) is 3. The van der Waals surface area contributed by atoms with Crippen molar-refractivity contribution in [2.75, 3.05) is 6.61 Å². The molecular formula is C12H22N2O4. The molecule has 3 unspecified atom stereocenters. The third-order valence-corrected chi connectivity index (χ3v) is 3.45. The minimum absolute atomic E-state index is 0.0217. The normalized spacial score (nSPS) is 24.1. The second kappa shape index (κ2) is 6.04. The minimum atomic E-state index is -1.24. The van der Waals surface area contributed by atoms with Crippen molar-refractivity contribution in [3.63, 3.8) is 0 Å². The first-order valence-electron chi connectivity index (χ1n) is 6.32. The Hall–Kier alpha value is -1.30. The average Bonchev–Trinajstić information content (AvgIpc) is 2.81. The van der Waals surface area contributed by atoms with Gasteiger partial charge in [0.25, 0.3) is 0 Å². The summed E-state index contributed by atoms with van der Waals surface area (Å²) in [5.41, 5.74) is -1.24. The third kappa shape index (κ3) is 3.60. The highest BCUT2D eigenvalue weighted by Gasteiger charge is 2.33. The highest BCUT2D eigenvalue weighted by molar-refractivity contribution is 5.85. The molecule has 1 fully saturated rings. The van der Waals surface area contributed by atoms with Gasteiger partial charge in [0.05, 0.1) is 12.1 Å². The number of carbonyl (C=O) groups is 2. The van der Waals surface area contributed by atoms with E-state index in [1.807, 2.05) is 6.92 Å². The van der Waals surface area contributed by atoms with Gasteiger partial charge in [-0.25, -0.2) is 9.59 Å². The molecule has 0 radical (unpaired) electrons. The zero-order valence-corrected chi connectivity index (χ0v) is 11.2. The highest BCUT2D eigenvalue weighted by atomic mass is 16.5. The van der Waals surface area contributed by atoms with Crippen LogP contribution in [-0.4, -0.2) is 41.4 Å². The van der Waals surface area contributed by atoms with E-state index in [0.29, 0.717) is 6.42 Å². The van der Waals surface area contributed by atoms with E-state index in [2.05, 4.69) is 10.6 Å². The van der Waals surface area contributed by atoms with E-state index in [-0.39, 0.29) is 12.1 Å². The number of carboxylic acid groups (broad SMARTS) is 1. The maximum Gasteiger partial charge on any atom is 0.329 e. The van der Waals surface area contributed by atoms with Crippen LogP contribution in [-0.2, 0) is 9.53 Å². The molecule has 1 rings (SSSR count). The first-order valence-corrected chi connectivity index (χ1v) is 6.32. The molecule has 1 saturated heterocycles. The molecule has 0 aromatic rings. The van der Waals surface area contributed by atoms with Gasteiger partial charge < -0.3 is 20.5 Å². The van der Waals surface area contributed by atoms with Crippen LogP contribution in [0.2, 0.25) is 0 Å². The number of aliphatic carboxylic acids is 1. The van der Waals surface area contributed by atoms with Gasteiger partial charge in [0.1, 0.15) is 5.54 Å². The summed E-state index contributed by atoms with van der Waals surface area (Å²) in [6.45, 7) is 5.79. The number of nitrogens with one attached hydrogen (secondary N) is 2. The van der Waals surface area contributed by atoms with Gasteiger partial charge in [-0.05, 0) is 33.1 Å². The van der Waals surface area contributed by atoms with E-state index >= 15 is 0 Å². The van der Waals surface area contributed by atoms with E-state index in [0.717, 1.165) is 19.4 Å². The molecule has 1 aliphatic heterocycles. The lowest BCUT2D eigenvalue weighted by molar-refractivity contribution is -0.143. The summed E-state index contributed by atoms with van der Waals surface area (Å²) < 4.78 is 5.46. The van der Waals surface area contributed by atoms with Gasteiger partial charge in [-0.15, -0.1) is 0 Å². The molecular weight excluding hydrogens is 236 g/mol. The van der Waals surface area contributed by atoms with Crippen LogP contribution in [0.3, 0.4) is 0 Å². The van der Waals surface area contributed by atoms with Crippen LogP contribution in [0.25, 0.3) is 0 Å². The lowest BCUT2D eigenvalue weighted by atomic mass is 10.00. The minimum Gasteiger partial charge on any atom is -0.480 e. The molecule has 1 aliphatic rings. The summed E-state index contributed by atoms with van der Waals surface area (Å²) >= 11 is 0. The Bertz CT molecular complexity index is 315. The summed E-state index contributed by atoms with van der Waals surface area (Å²) in [5, 5.41) is 14.3. The summed E-state index contributed by atoms with van der Waals surface area (Å²) in [7, 11) is 0. The fourth-order valence-corrected chi connectivity index (χ4v) is 1.88. The highest BCUT2D eigenvalue weighted by Crippen LogP contribution is 2.15. The van der Waals surface area contributed by atoms with Crippen LogP contribution in [0.15, 0.2) is 0 Å². The predicted molar refractivity (Wildman–Crippen MR) is 66.4 cm³/mol. The molecule has 3 N–H and O–H groups in total. The third-order valence-electron chi connectivity index (χ3n) is 3.45. The molecule has 3 atom stereocenters. The molecule has 18 heavy (non-hydrogen) atoms. The van der Waals surface area contributed by atoms with Crippen LogP contribution >= 0.6 is 0 Å². The summed E-state index contributed by atoms with van der Waals surface area (Å²) in [6.07, 6.45) is 2.27. The van der Waals surface area contributed by atoms with E-state index < -0.39 is 17.5 Å². The Morgan fingerprint density at radius 3 is 2.67 bits per heavy atom. The molecule has 0 aliphatic carbocycles. The number of carbonyl (C=O) groups excluding carboxylic acids is 1. The van der Waals surface area contributed by atoms with Crippen LogP contribution in [0.5, 0.6) is 0 Å². The fraction of sp³-hybridized carbons (Fsp3) is 0.833. The molecule has 1 heterocycles. The monoisotopic (exact) mass is 258 g/mol. The number of carboxylic acids is 1. The van der Waals surface area contributed by atoms with Gasteiger partial charge in [-0.1, -0.05) is 6.92 Å². The zero-order valence-electron chi connectivity index (χ0n) is 11.2. The second-order valence-corrected chi connectivity index (χ2v) is 4.93. The molecule has 0 aromatic carbocycles. The van der Waals surface area contributed by atoms with Crippen LogP contribution in [0, 0.1) is 0 Å². The Morgan fingerprint density at radius 1 is 1.56 bits per heavy atom. The molecule has 2 amide bonds. The van der Waals surface area contributed by atoms with Gasteiger partial charge in [0.15, 0.2) is 0 Å². The van der Waals surface area contributed by atoms with Crippen molar-refractivity contribution in [2.45, 2.75) is 57.7 Å². The van der Waals surface area contributed by atoms with Crippen LogP contribution < -0.4 is 10.6 Å².